The highest BCUT2D eigenvalue weighted by atomic mass is 32.2. The van der Waals surface area contributed by atoms with Gasteiger partial charge in [-0.2, -0.15) is 0 Å². The van der Waals surface area contributed by atoms with E-state index in [9.17, 15) is 18.0 Å². The summed E-state index contributed by atoms with van der Waals surface area (Å²) >= 11 is 0. The third kappa shape index (κ3) is 5.79. The molecule has 0 radical (unpaired) electrons. The molecule has 1 fully saturated rings. The van der Waals surface area contributed by atoms with Gasteiger partial charge in [0.1, 0.15) is 0 Å². The molecule has 1 atom stereocenters. The van der Waals surface area contributed by atoms with Crippen LogP contribution in [0.5, 0.6) is 0 Å². The Kier molecular flexibility index (Phi) is 7.12. The van der Waals surface area contributed by atoms with Gasteiger partial charge in [0, 0.05) is 17.8 Å². The quantitative estimate of drug-likeness (QED) is 0.317. The van der Waals surface area contributed by atoms with Gasteiger partial charge in [0.25, 0.3) is 5.91 Å². The Morgan fingerprint density at radius 3 is 2.54 bits per heavy atom. The number of fused-ring (bicyclic) bond motifs is 1. The number of carbonyl (C=O) groups excluding carboxylic acids is 2. The molecule has 12 nitrogen and oxygen atoms in total. The number of nitrogens with zero attached hydrogens (tertiary/aromatic N) is 5. The second-order valence-electron chi connectivity index (χ2n) is 9.58. The maximum absolute atomic E-state index is 13.1. The van der Waals surface area contributed by atoms with Crippen LogP contribution in [0.1, 0.15) is 35.9 Å². The summed E-state index contributed by atoms with van der Waals surface area (Å²) in [4.78, 5) is 32.1. The van der Waals surface area contributed by atoms with Gasteiger partial charge in [-0.1, -0.05) is 23.4 Å². The Bertz CT molecular complexity index is 1670. The van der Waals surface area contributed by atoms with Gasteiger partial charge >= 0.3 is 0 Å². The molecule has 1 saturated heterocycles. The van der Waals surface area contributed by atoms with Crippen molar-refractivity contribution in [2.75, 3.05) is 23.7 Å². The summed E-state index contributed by atoms with van der Waals surface area (Å²) in [6.45, 7) is 5.08. The topological polar surface area (TPSA) is 165 Å². The molecule has 0 spiro atoms. The molecule has 0 saturated carbocycles. The van der Waals surface area contributed by atoms with Crippen molar-refractivity contribution in [3.63, 3.8) is 0 Å². The number of anilines is 2. The molecule has 2 amide bonds. The first kappa shape index (κ1) is 26.4. The van der Waals surface area contributed by atoms with Gasteiger partial charge in [-0.3, -0.25) is 19.5 Å². The number of hydrogen-bond acceptors (Lipinski definition) is 8. The normalized spacial score (nSPS) is 15.9. The van der Waals surface area contributed by atoms with Crippen molar-refractivity contribution in [1.82, 2.24) is 24.7 Å². The Hall–Kier alpha value is -4.20. The third-order valence-corrected chi connectivity index (χ3v) is 7.73. The molecular formula is C26H28N8O4S. The zero-order valence-corrected chi connectivity index (χ0v) is 22.3. The molecule has 39 heavy (non-hydrogen) atoms. The molecule has 4 aromatic rings. The van der Waals surface area contributed by atoms with E-state index in [0.717, 1.165) is 30.5 Å². The molecule has 3 aromatic heterocycles. The molecule has 13 heteroatoms. The smallest absolute Gasteiger partial charge is 0.278 e. The van der Waals surface area contributed by atoms with Crippen molar-refractivity contribution in [3.05, 3.63) is 66.2 Å². The van der Waals surface area contributed by atoms with Crippen molar-refractivity contribution in [1.29, 1.82) is 0 Å². The van der Waals surface area contributed by atoms with Crippen LogP contribution in [0, 0.1) is 6.92 Å². The number of aromatic nitrogens is 4. The predicted molar refractivity (Wildman–Crippen MR) is 146 cm³/mol. The zero-order chi connectivity index (χ0) is 27.7. The minimum Gasteiger partial charge on any atom is -0.324 e. The number of primary sulfonamides is 1. The average molecular weight is 549 g/mol. The molecule has 202 valence electrons. The lowest BCUT2D eigenvalue weighted by molar-refractivity contribution is -0.117. The number of carbonyl (C=O) groups is 2. The number of amides is 2. The van der Waals surface area contributed by atoms with Gasteiger partial charge in [0.05, 0.1) is 40.2 Å². The SMILES string of the molecule is Cc1ncc(NC(=O)CN2CCC[C@@H]2C)cc1NC(=O)c1nnn2cc(-c3ccc(S(N)(=O)=O)cc3)ccc12. The van der Waals surface area contributed by atoms with Gasteiger partial charge in [0.15, 0.2) is 5.69 Å². The van der Waals surface area contributed by atoms with Crippen LogP contribution in [0.25, 0.3) is 16.6 Å². The molecule has 1 aromatic carbocycles. The number of nitrogens with two attached hydrogens (primary N) is 1. The van der Waals surface area contributed by atoms with Crippen LogP contribution >= 0.6 is 0 Å². The van der Waals surface area contributed by atoms with E-state index in [4.69, 9.17) is 5.14 Å². The first-order valence-electron chi connectivity index (χ1n) is 12.4. The fourth-order valence-corrected chi connectivity index (χ4v) is 5.10. The van der Waals surface area contributed by atoms with Crippen molar-refractivity contribution in [2.24, 2.45) is 5.14 Å². The van der Waals surface area contributed by atoms with Gasteiger partial charge in [-0.05, 0) is 63.1 Å². The van der Waals surface area contributed by atoms with Crippen molar-refractivity contribution >= 4 is 38.7 Å². The summed E-state index contributed by atoms with van der Waals surface area (Å²) in [6, 6.07) is 11.7. The van der Waals surface area contributed by atoms with Gasteiger partial charge < -0.3 is 10.6 Å². The Morgan fingerprint density at radius 2 is 1.85 bits per heavy atom. The number of benzene rings is 1. The van der Waals surface area contributed by atoms with Crippen LogP contribution in [0.2, 0.25) is 0 Å². The van der Waals surface area contributed by atoms with E-state index in [0.29, 0.717) is 35.2 Å². The van der Waals surface area contributed by atoms with E-state index in [1.807, 2.05) is 0 Å². The van der Waals surface area contributed by atoms with Gasteiger partial charge in [0.2, 0.25) is 15.9 Å². The Morgan fingerprint density at radius 1 is 1.10 bits per heavy atom. The first-order chi connectivity index (χ1) is 18.6. The molecule has 1 aliphatic rings. The number of hydrogen-bond donors (Lipinski definition) is 3. The lowest BCUT2D eigenvalue weighted by Gasteiger charge is -2.20. The standard InChI is InChI=1S/C26H28N8O4S/c1-16-4-3-11-33(16)15-24(35)29-20-12-22(17(2)28-13-20)30-26(36)25-23-10-7-19(14-34(23)32-31-25)18-5-8-21(9-6-18)39(27,37)38/h5-10,12-14,16H,3-4,11,15H2,1-2H3,(H,29,35)(H,30,36)(H2,27,37,38)/t16-/m0/s1. The van der Waals surface area contributed by atoms with Gasteiger partial charge in [-0.25, -0.2) is 18.1 Å². The first-order valence-corrected chi connectivity index (χ1v) is 13.9. The van der Waals surface area contributed by atoms with Crippen LogP contribution in [0.15, 0.2) is 59.8 Å². The van der Waals surface area contributed by atoms with Crippen LogP contribution in [0.4, 0.5) is 11.4 Å². The van der Waals surface area contributed by atoms with E-state index in [1.165, 1.54) is 16.6 Å². The molecule has 4 heterocycles. The highest BCUT2D eigenvalue weighted by Gasteiger charge is 2.23. The number of nitrogens with one attached hydrogen (secondary N) is 2. The number of likely N-dealkylation sites (tertiary alicyclic amines) is 1. The summed E-state index contributed by atoms with van der Waals surface area (Å²) in [7, 11) is -3.79. The zero-order valence-electron chi connectivity index (χ0n) is 21.5. The second-order valence-corrected chi connectivity index (χ2v) is 11.1. The Balaban J connectivity index is 1.30. The lowest BCUT2D eigenvalue weighted by Crippen LogP contribution is -2.35. The molecule has 1 aliphatic heterocycles. The van der Waals surface area contributed by atoms with Crippen molar-refractivity contribution < 1.29 is 18.0 Å². The highest BCUT2D eigenvalue weighted by Crippen LogP contribution is 2.24. The predicted octanol–water partition coefficient (Wildman–Crippen LogP) is 2.42. The monoisotopic (exact) mass is 548 g/mol. The molecule has 0 bridgehead atoms. The summed E-state index contributed by atoms with van der Waals surface area (Å²) in [5.74, 6) is -0.611. The Labute approximate surface area is 225 Å². The number of sulfonamides is 1. The highest BCUT2D eigenvalue weighted by molar-refractivity contribution is 7.89. The largest absolute Gasteiger partial charge is 0.324 e. The second kappa shape index (κ2) is 10.5. The maximum Gasteiger partial charge on any atom is 0.278 e. The molecule has 5 rings (SSSR count). The summed E-state index contributed by atoms with van der Waals surface area (Å²) in [5, 5.41) is 19.0. The minimum atomic E-state index is -3.79. The fraction of sp³-hybridized carbons (Fsp3) is 0.269. The van der Waals surface area contributed by atoms with Gasteiger partial charge in [-0.15, -0.1) is 5.10 Å². The molecular weight excluding hydrogens is 520 g/mol. The van der Waals surface area contributed by atoms with Crippen LogP contribution in [-0.2, 0) is 14.8 Å². The minimum absolute atomic E-state index is 0.0154. The lowest BCUT2D eigenvalue weighted by atomic mass is 10.1. The molecule has 0 aliphatic carbocycles. The van der Waals surface area contributed by atoms with E-state index >= 15 is 0 Å². The average Bonchev–Trinajstić information content (AvgIpc) is 3.51. The molecule has 0 unspecified atom stereocenters. The fourth-order valence-electron chi connectivity index (χ4n) is 4.59. The maximum atomic E-state index is 13.1. The van der Waals surface area contributed by atoms with Crippen LogP contribution in [0.3, 0.4) is 0 Å². The van der Waals surface area contributed by atoms with E-state index < -0.39 is 15.9 Å². The van der Waals surface area contributed by atoms with E-state index in [1.54, 1.807) is 49.6 Å². The van der Waals surface area contributed by atoms with E-state index in [2.05, 4.69) is 37.8 Å². The van der Waals surface area contributed by atoms with Crippen LogP contribution < -0.4 is 15.8 Å². The summed E-state index contributed by atoms with van der Waals surface area (Å²) < 4.78 is 24.5. The summed E-state index contributed by atoms with van der Waals surface area (Å²) in [5.41, 5.74) is 3.59. The van der Waals surface area contributed by atoms with Crippen LogP contribution in [-0.4, -0.2) is 64.1 Å². The number of pyridine rings is 2. The third-order valence-electron chi connectivity index (χ3n) is 6.80. The number of rotatable bonds is 7. The summed E-state index contributed by atoms with van der Waals surface area (Å²) in [6.07, 6.45) is 5.42. The number of aryl methyl sites for hydroxylation is 1. The van der Waals surface area contributed by atoms with E-state index in [-0.39, 0.29) is 16.5 Å². The van der Waals surface area contributed by atoms with Crippen molar-refractivity contribution in [2.45, 2.75) is 37.6 Å². The van der Waals surface area contributed by atoms with Crippen molar-refractivity contribution in [3.8, 4) is 11.1 Å². The molecule has 4 N–H and O–H groups in total.